The van der Waals surface area contributed by atoms with Gasteiger partial charge in [-0.25, -0.2) is 4.79 Å². The second kappa shape index (κ2) is 6.07. The van der Waals surface area contributed by atoms with E-state index in [0.29, 0.717) is 17.3 Å². The molecule has 0 aliphatic carbocycles. The van der Waals surface area contributed by atoms with Gasteiger partial charge in [0.2, 0.25) is 0 Å². The lowest BCUT2D eigenvalue weighted by atomic mass is 10.1. The standard InChI is InChI=1S/C14H15ClN2O3/c1-9(10-3-5-11(15)6-4-10)17(2)8-12-7-13(14(18)19)16-20-12/h3-7,9H,8H2,1-2H3,(H,18,19). The van der Waals surface area contributed by atoms with Crippen LogP contribution in [0.5, 0.6) is 0 Å². The summed E-state index contributed by atoms with van der Waals surface area (Å²) in [7, 11) is 1.93. The minimum absolute atomic E-state index is 0.0763. The summed E-state index contributed by atoms with van der Waals surface area (Å²) < 4.78 is 5.01. The number of benzene rings is 1. The largest absolute Gasteiger partial charge is 0.476 e. The van der Waals surface area contributed by atoms with Crippen molar-refractivity contribution >= 4 is 17.6 Å². The number of carboxylic acid groups (broad SMARTS) is 1. The number of rotatable bonds is 5. The highest BCUT2D eigenvalue weighted by Gasteiger charge is 2.16. The first-order valence-corrected chi connectivity index (χ1v) is 6.49. The highest BCUT2D eigenvalue weighted by atomic mass is 35.5. The normalized spacial score (nSPS) is 12.6. The molecule has 0 radical (unpaired) electrons. The van der Waals surface area contributed by atoms with E-state index >= 15 is 0 Å². The molecule has 5 nitrogen and oxygen atoms in total. The van der Waals surface area contributed by atoms with Crippen LogP contribution in [0, 0.1) is 0 Å². The second-order valence-electron chi connectivity index (χ2n) is 4.63. The monoisotopic (exact) mass is 294 g/mol. The highest BCUT2D eigenvalue weighted by molar-refractivity contribution is 6.30. The fourth-order valence-electron chi connectivity index (χ4n) is 1.87. The summed E-state index contributed by atoms with van der Waals surface area (Å²) in [4.78, 5) is 12.8. The Kier molecular flexibility index (Phi) is 4.42. The number of carbonyl (C=O) groups is 1. The van der Waals surface area contributed by atoms with Crippen LogP contribution in [0.4, 0.5) is 0 Å². The zero-order valence-corrected chi connectivity index (χ0v) is 12.0. The van der Waals surface area contributed by atoms with Crippen molar-refractivity contribution in [2.75, 3.05) is 7.05 Å². The molecule has 1 aromatic heterocycles. The van der Waals surface area contributed by atoms with Crippen LogP contribution >= 0.6 is 11.6 Å². The summed E-state index contributed by atoms with van der Waals surface area (Å²) in [6.45, 7) is 2.53. The Hall–Kier alpha value is -1.85. The van der Waals surface area contributed by atoms with E-state index in [9.17, 15) is 4.79 Å². The van der Waals surface area contributed by atoms with Crippen LogP contribution in [-0.2, 0) is 6.54 Å². The minimum Gasteiger partial charge on any atom is -0.476 e. The van der Waals surface area contributed by atoms with Crippen molar-refractivity contribution in [1.29, 1.82) is 0 Å². The minimum atomic E-state index is -1.09. The van der Waals surface area contributed by atoms with Crippen LogP contribution in [0.15, 0.2) is 34.9 Å². The maximum atomic E-state index is 10.7. The van der Waals surface area contributed by atoms with Gasteiger partial charge in [0.25, 0.3) is 0 Å². The lowest BCUT2D eigenvalue weighted by molar-refractivity contribution is 0.0685. The van der Waals surface area contributed by atoms with Gasteiger partial charge < -0.3 is 9.63 Å². The molecule has 1 heterocycles. The molecule has 2 aromatic rings. The van der Waals surface area contributed by atoms with Crippen molar-refractivity contribution < 1.29 is 14.4 Å². The molecule has 1 N–H and O–H groups in total. The van der Waals surface area contributed by atoms with Gasteiger partial charge >= 0.3 is 5.97 Å². The van der Waals surface area contributed by atoms with Gasteiger partial charge in [-0.2, -0.15) is 0 Å². The van der Waals surface area contributed by atoms with Gasteiger partial charge in [0.1, 0.15) is 0 Å². The van der Waals surface area contributed by atoms with Gasteiger partial charge in [0, 0.05) is 17.1 Å². The zero-order valence-electron chi connectivity index (χ0n) is 11.2. The molecular weight excluding hydrogens is 280 g/mol. The lowest BCUT2D eigenvalue weighted by Gasteiger charge is -2.23. The third-order valence-electron chi connectivity index (χ3n) is 3.20. The van der Waals surface area contributed by atoms with Crippen molar-refractivity contribution in [3.05, 3.63) is 52.4 Å². The smallest absolute Gasteiger partial charge is 0.358 e. The van der Waals surface area contributed by atoms with E-state index in [1.54, 1.807) is 0 Å². The molecule has 0 bridgehead atoms. The lowest BCUT2D eigenvalue weighted by Crippen LogP contribution is -2.21. The predicted octanol–water partition coefficient (Wildman–Crippen LogP) is 3.22. The molecule has 0 aliphatic rings. The van der Waals surface area contributed by atoms with E-state index in [-0.39, 0.29) is 11.7 Å². The first kappa shape index (κ1) is 14.6. The molecular formula is C14H15ClN2O3. The van der Waals surface area contributed by atoms with E-state index in [2.05, 4.69) is 12.1 Å². The van der Waals surface area contributed by atoms with Gasteiger partial charge in [-0.05, 0) is 31.7 Å². The maximum absolute atomic E-state index is 10.7. The molecule has 1 unspecified atom stereocenters. The van der Waals surface area contributed by atoms with E-state index in [1.807, 2.05) is 36.2 Å². The van der Waals surface area contributed by atoms with Gasteiger partial charge in [-0.15, -0.1) is 0 Å². The molecule has 0 saturated carbocycles. The second-order valence-corrected chi connectivity index (χ2v) is 5.06. The van der Waals surface area contributed by atoms with Crippen molar-refractivity contribution in [3.63, 3.8) is 0 Å². The zero-order chi connectivity index (χ0) is 14.7. The van der Waals surface area contributed by atoms with Crippen LogP contribution < -0.4 is 0 Å². The highest BCUT2D eigenvalue weighted by Crippen LogP contribution is 2.22. The van der Waals surface area contributed by atoms with Gasteiger partial charge in [0.05, 0.1) is 6.54 Å². The van der Waals surface area contributed by atoms with Crippen LogP contribution in [-0.4, -0.2) is 28.2 Å². The third kappa shape index (κ3) is 3.37. The third-order valence-corrected chi connectivity index (χ3v) is 3.45. The van der Waals surface area contributed by atoms with Crippen molar-refractivity contribution in [3.8, 4) is 0 Å². The molecule has 106 valence electrons. The van der Waals surface area contributed by atoms with E-state index in [4.69, 9.17) is 21.2 Å². The Bertz CT molecular complexity index is 595. The SMILES string of the molecule is CC(c1ccc(Cl)cc1)N(C)Cc1cc(C(=O)O)no1. The summed E-state index contributed by atoms with van der Waals surface area (Å²) in [5.41, 5.74) is 1.04. The Morgan fingerprint density at radius 1 is 1.45 bits per heavy atom. The summed E-state index contributed by atoms with van der Waals surface area (Å²) in [6.07, 6.45) is 0. The average Bonchev–Trinajstić information content (AvgIpc) is 2.87. The molecule has 1 aromatic carbocycles. The molecule has 0 saturated heterocycles. The van der Waals surface area contributed by atoms with Gasteiger partial charge in [-0.1, -0.05) is 28.9 Å². The maximum Gasteiger partial charge on any atom is 0.358 e. The topological polar surface area (TPSA) is 66.6 Å². The van der Waals surface area contributed by atoms with Crippen LogP contribution in [0.2, 0.25) is 5.02 Å². The number of aromatic nitrogens is 1. The first-order valence-electron chi connectivity index (χ1n) is 6.12. The molecule has 2 rings (SSSR count). The Morgan fingerprint density at radius 2 is 2.10 bits per heavy atom. The quantitative estimate of drug-likeness (QED) is 0.917. The molecule has 0 amide bonds. The van der Waals surface area contributed by atoms with E-state index < -0.39 is 5.97 Å². The Balaban J connectivity index is 2.04. The molecule has 1 atom stereocenters. The van der Waals surface area contributed by atoms with Crippen molar-refractivity contribution in [1.82, 2.24) is 10.1 Å². The number of hydrogen-bond acceptors (Lipinski definition) is 4. The summed E-state index contributed by atoms with van der Waals surface area (Å²) in [5.74, 6) is -0.570. The van der Waals surface area contributed by atoms with Crippen molar-refractivity contribution in [2.24, 2.45) is 0 Å². The number of aromatic carboxylic acids is 1. The summed E-state index contributed by atoms with van der Waals surface area (Å²) in [5, 5.41) is 13.0. The predicted molar refractivity (Wildman–Crippen MR) is 74.8 cm³/mol. The van der Waals surface area contributed by atoms with Crippen LogP contribution in [0.3, 0.4) is 0 Å². The van der Waals surface area contributed by atoms with E-state index in [1.165, 1.54) is 6.07 Å². The van der Waals surface area contributed by atoms with Crippen LogP contribution in [0.1, 0.15) is 34.8 Å². The summed E-state index contributed by atoms with van der Waals surface area (Å²) in [6, 6.07) is 9.20. The average molecular weight is 295 g/mol. The number of nitrogens with zero attached hydrogens (tertiary/aromatic N) is 2. The first-order chi connectivity index (χ1) is 9.47. The van der Waals surface area contributed by atoms with Crippen LogP contribution in [0.25, 0.3) is 0 Å². The van der Waals surface area contributed by atoms with Crippen molar-refractivity contribution in [2.45, 2.75) is 19.5 Å². The number of halogens is 1. The van der Waals surface area contributed by atoms with Gasteiger partial charge in [0.15, 0.2) is 11.5 Å². The number of carboxylic acids is 1. The molecule has 6 heteroatoms. The molecule has 0 aliphatic heterocycles. The fourth-order valence-corrected chi connectivity index (χ4v) is 1.99. The Morgan fingerprint density at radius 3 is 2.65 bits per heavy atom. The number of hydrogen-bond donors (Lipinski definition) is 1. The molecule has 20 heavy (non-hydrogen) atoms. The molecule has 0 fully saturated rings. The van der Waals surface area contributed by atoms with E-state index in [0.717, 1.165) is 5.56 Å². The summed E-state index contributed by atoms with van der Waals surface area (Å²) >= 11 is 5.87. The molecule has 0 spiro atoms. The Labute approximate surface area is 121 Å². The van der Waals surface area contributed by atoms with Gasteiger partial charge in [-0.3, -0.25) is 4.90 Å². The fraction of sp³-hybridized carbons (Fsp3) is 0.286.